The maximum absolute atomic E-state index is 11.9. The molecule has 0 atom stereocenters. The molecule has 2 N–H and O–H groups in total. The zero-order valence-electron chi connectivity index (χ0n) is 9.06. The van der Waals surface area contributed by atoms with Crippen molar-refractivity contribution in [3.8, 4) is 0 Å². The standard InChI is InChI=1S/C9H16N2O3S/c1-9(2,12)7-11(3)15(13,14)8-4-5-10-6-8/h4-6,10,12H,7H2,1-3H3. The van der Waals surface area contributed by atoms with Gasteiger partial charge in [0.15, 0.2) is 0 Å². The molecule has 0 bridgehead atoms. The lowest BCUT2D eigenvalue weighted by Crippen LogP contribution is -2.39. The monoisotopic (exact) mass is 232 g/mol. The fourth-order valence-corrected chi connectivity index (χ4v) is 2.58. The predicted molar refractivity (Wildman–Crippen MR) is 56.9 cm³/mol. The number of aromatic amines is 1. The highest BCUT2D eigenvalue weighted by Crippen LogP contribution is 2.15. The molecular formula is C9H16N2O3S. The molecular weight excluding hydrogens is 216 g/mol. The molecule has 0 spiro atoms. The Morgan fingerprint density at radius 1 is 1.53 bits per heavy atom. The van der Waals surface area contributed by atoms with E-state index in [-0.39, 0.29) is 11.4 Å². The number of nitrogens with zero attached hydrogens (tertiary/aromatic N) is 1. The minimum Gasteiger partial charge on any atom is -0.389 e. The second kappa shape index (κ2) is 3.96. The van der Waals surface area contributed by atoms with Gasteiger partial charge in [0.05, 0.1) is 10.5 Å². The molecule has 0 radical (unpaired) electrons. The van der Waals surface area contributed by atoms with E-state index in [0.717, 1.165) is 4.31 Å². The Morgan fingerprint density at radius 3 is 2.53 bits per heavy atom. The highest BCUT2D eigenvalue weighted by molar-refractivity contribution is 7.89. The van der Waals surface area contributed by atoms with Crippen LogP contribution >= 0.6 is 0 Å². The van der Waals surface area contributed by atoms with Crippen molar-refractivity contribution in [2.45, 2.75) is 24.3 Å². The number of rotatable bonds is 4. The first kappa shape index (κ1) is 12.2. The normalized spacial score (nSPS) is 13.4. The van der Waals surface area contributed by atoms with Crippen molar-refractivity contribution in [1.29, 1.82) is 0 Å². The Labute approximate surface area is 89.8 Å². The summed E-state index contributed by atoms with van der Waals surface area (Å²) in [6.07, 6.45) is 2.96. The SMILES string of the molecule is CN(CC(C)(C)O)S(=O)(=O)c1cc[nH]c1. The van der Waals surface area contributed by atoms with Crippen LogP contribution in [0.15, 0.2) is 23.4 Å². The predicted octanol–water partition coefficient (Wildman–Crippen LogP) is 0.406. The highest BCUT2D eigenvalue weighted by Gasteiger charge is 2.26. The van der Waals surface area contributed by atoms with Crippen molar-refractivity contribution in [3.63, 3.8) is 0 Å². The molecule has 0 fully saturated rings. The van der Waals surface area contributed by atoms with Gasteiger partial charge in [0.1, 0.15) is 0 Å². The van der Waals surface area contributed by atoms with Crippen LogP contribution in [0, 0.1) is 0 Å². The van der Waals surface area contributed by atoms with Crippen molar-refractivity contribution in [2.75, 3.05) is 13.6 Å². The first-order chi connectivity index (χ1) is 6.73. The smallest absolute Gasteiger partial charge is 0.244 e. The van der Waals surface area contributed by atoms with Crippen LogP contribution in [-0.2, 0) is 10.0 Å². The minimum absolute atomic E-state index is 0.0561. The van der Waals surface area contributed by atoms with Gasteiger partial charge in [-0.2, -0.15) is 4.31 Å². The Bertz CT molecular complexity index is 403. The van der Waals surface area contributed by atoms with E-state index in [1.165, 1.54) is 19.3 Å². The number of hydrogen-bond acceptors (Lipinski definition) is 3. The minimum atomic E-state index is -3.49. The molecule has 6 heteroatoms. The molecule has 1 aromatic rings. The fourth-order valence-electron chi connectivity index (χ4n) is 1.28. The average Bonchev–Trinajstić information content (AvgIpc) is 2.52. The zero-order valence-corrected chi connectivity index (χ0v) is 9.87. The molecule has 1 aromatic heterocycles. The highest BCUT2D eigenvalue weighted by atomic mass is 32.2. The van der Waals surface area contributed by atoms with Crippen LogP contribution in [0.25, 0.3) is 0 Å². The van der Waals surface area contributed by atoms with E-state index < -0.39 is 15.6 Å². The van der Waals surface area contributed by atoms with E-state index in [1.54, 1.807) is 20.0 Å². The summed E-state index contributed by atoms with van der Waals surface area (Å²) >= 11 is 0. The Kier molecular flexibility index (Phi) is 3.22. The topological polar surface area (TPSA) is 73.4 Å². The lowest BCUT2D eigenvalue weighted by atomic mass is 10.1. The molecule has 0 amide bonds. The summed E-state index contributed by atoms with van der Waals surface area (Å²) in [7, 11) is -2.04. The zero-order chi connectivity index (χ0) is 11.7. The number of nitrogens with one attached hydrogen (secondary N) is 1. The van der Waals surface area contributed by atoms with Crippen LogP contribution in [0.3, 0.4) is 0 Å². The van der Waals surface area contributed by atoms with Crippen molar-refractivity contribution >= 4 is 10.0 Å². The van der Waals surface area contributed by atoms with Gasteiger partial charge in [0, 0.05) is 26.0 Å². The van der Waals surface area contributed by atoms with Gasteiger partial charge in [-0.3, -0.25) is 0 Å². The quantitative estimate of drug-likeness (QED) is 0.789. The van der Waals surface area contributed by atoms with Crippen molar-refractivity contribution in [3.05, 3.63) is 18.5 Å². The molecule has 86 valence electrons. The third kappa shape index (κ3) is 3.05. The molecule has 1 heterocycles. The number of hydrogen-bond donors (Lipinski definition) is 2. The molecule has 0 aliphatic rings. The summed E-state index contributed by atoms with van der Waals surface area (Å²) in [4.78, 5) is 2.89. The Morgan fingerprint density at radius 2 is 2.13 bits per heavy atom. The number of aromatic nitrogens is 1. The third-order valence-electron chi connectivity index (χ3n) is 1.89. The van der Waals surface area contributed by atoms with Crippen LogP contribution in [0.2, 0.25) is 0 Å². The van der Waals surface area contributed by atoms with Crippen LogP contribution in [0.5, 0.6) is 0 Å². The second-order valence-corrected chi connectivity index (χ2v) is 6.17. The van der Waals surface area contributed by atoms with Crippen molar-refractivity contribution in [2.24, 2.45) is 0 Å². The summed E-state index contributed by atoms with van der Waals surface area (Å²) in [5, 5.41) is 9.53. The third-order valence-corrected chi connectivity index (χ3v) is 3.69. The lowest BCUT2D eigenvalue weighted by molar-refractivity contribution is 0.0640. The molecule has 5 nitrogen and oxygen atoms in total. The molecule has 15 heavy (non-hydrogen) atoms. The first-order valence-corrected chi connectivity index (χ1v) is 5.99. The Balaban J connectivity index is 2.89. The van der Waals surface area contributed by atoms with Crippen molar-refractivity contribution < 1.29 is 13.5 Å². The average molecular weight is 232 g/mol. The maximum atomic E-state index is 11.9. The summed E-state index contributed by atoms with van der Waals surface area (Å²) in [6, 6.07) is 1.48. The number of sulfonamides is 1. The number of H-pyrrole nitrogens is 1. The van der Waals surface area contributed by atoms with Gasteiger partial charge in [0.2, 0.25) is 10.0 Å². The van der Waals surface area contributed by atoms with Crippen LogP contribution in [0.1, 0.15) is 13.8 Å². The van der Waals surface area contributed by atoms with Crippen LogP contribution in [0.4, 0.5) is 0 Å². The van der Waals surface area contributed by atoms with Crippen molar-refractivity contribution in [1.82, 2.24) is 9.29 Å². The molecule has 1 rings (SSSR count). The van der Waals surface area contributed by atoms with E-state index in [4.69, 9.17) is 0 Å². The summed E-state index contributed by atoms with van der Waals surface area (Å²) < 4.78 is 24.9. The Hall–Kier alpha value is -0.850. The molecule has 0 aliphatic carbocycles. The van der Waals surface area contributed by atoms with Gasteiger partial charge in [-0.1, -0.05) is 0 Å². The van der Waals surface area contributed by atoms with E-state index in [0.29, 0.717) is 0 Å². The lowest BCUT2D eigenvalue weighted by Gasteiger charge is -2.24. The molecule has 0 saturated carbocycles. The second-order valence-electron chi connectivity index (χ2n) is 4.12. The molecule has 0 saturated heterocycles. The first-order valence-electron chi connectivity index (χ1n) is 4.55. The molecule has 0 aromatic carbocycles. The van der Waals surface area contributed by atoms with Crippen LogP contribution < -0.4 is 0 Å². The van der Waals surface area contributed by atoms with Gasteiger partial charge in [0.25, 0.3) is 0 Å². The van der Waals surface area contributed by atoms with E-state index in [2.05, 4.69) is 4.98 Å². The van der Waals surface area contributed by atoms with Gasteiger partial charge < -0.3 is 10.1 Å². The van der Waals surface area contributed by atoms with E-state index >= 15 is 0 Å². The molecule has 0 unspecified atom stereocenters. The summed E-state index contributed by atoms with van der Waals surface area (Å²) in [5.74, 6) is 0. The number of likely N-dealkylation sites (N-methyl/N-ethyl adjacent to an activating group) is 1. The maximum Gasteiger partial charge on any atom is 0.244 e. The largest absolute Gasteiger partial charge is 0.389 e. The van der Waals surface area contributed by atoms with E-state index in [9.17, 15) is 13.5 Å². The van der Waals surface area contributed by atoms with Gasteiger partial charge in [-0.05, 0) is 19.9 Å². The fraction of sp³-hybridized carbons (Fsp3) is 0.556. The van der Waals surface area contributed by atoms with Gasteiger partial charge >= 0.3 is 0 Å². The number of aliphatic hydroxyl groups is 1. The summed E-state index contributed by atoms with van der Waals surface area (Å²) in [6.45, 7) is 3.19. The van der Waals surface area contributed by atoms with Gasteiger partial charge in [-0.15, -0.1) is 0 Å². The van der Waals surface area contributed by atoms with E-state index in [1.807, 2.05) is 0 Å². The summed E-state index contributed by atoms with van der Waals surface area (Å²) in [5.41, 5.74) is -1.04. The molecule has 0 aliphatic heterocycles. The van der Waals surface area contributed by atoms with Gasteiger partial charge in [-0.25, -0.2) is 8.42 Å². The van der Waals surface area contributed by atoms with Crippen LogP contribution in [-0.4, -0.2) is 42.0 Å².